The van der Waals surface area contributed by atoms with Gasteiger partial charge in [-0.1, -0.05) is 42.5 Å². The molecule has 194 valence electrons. The van der Waals surface area contributed by atoms with E-state index in [2.05, 4.69) is 11.2 Å². The van der Waals surface area contributed by atoms with Crippen molar-refractivity contribution < 1.29 is 23.3 Å². The van der Waals surface area contributed by atoms with Gasteiger partial charge < -0.3 is 20.5 Å². The van der Waals surface area contributed by atoms with E-state index in [9.17, 15) is 13.8 Å². The molecule has 0 spiro atoms. The van der Waals surface area contributed by atoms with Crippen molar-refractivity contribution in [2.45, 2.75) is 35.3 Å². The Labute approximate surface area is 218 Å². The Bertz CT molecular complexity index is 1330. The highest BCUT2D eigenvalue weighted by molar-refractivity contribution is 8.02. The summed E-state index contributed by atoms with van der Waals surface area (Å²) in [6, 6.07) is 24.5. The van der Waals surface area contributed by atoms with E-state index in [-0.39, 0.29) is 18.7 Å². The van der Waals surface area contributed by atoms with Crippen molar-refractivity contribution in [3.8, 4) is 16.9 Å². The average molecular weight is 521 g/mol. The molecule has 37 heavy (non-hydrogen) atoms. The van der Waals surface area contributed by atoms with E-state index < -0.39 is 20.2 Å². The maximum Gasteiger partial charge on any atom is 0.236 e. The molecule has 7 nitrogen and oxygen atoms in total. The third kappa shape index (κ3) is 6.03. The van der Waals surface area contributed by atoms with Gasteiger partial charge in [0.2, 0.25) is 11.8 Å². The third-order valence-electron chi connectivity index (χ3n) is 6.66. The van der Waals surface area contributed by atoms with E-state index in [1.807, 2.05) is 54.6 Å². The van der Waals surface area contributed by atoms with Gasteiger partial charge in [-0.3, -0.25) is 13.8 Å². The molecule has 0 aliphatic carbocycles. The zero-order chi connectivity index (χ0) is 26.3. The molecule has 3 aromatic carbocycles. The predicted octanol–water partition coefficient (Wildman–Crippen LogP) is 4.26. The summed E-state index contributed by atoms with van der Waals surface area (Å²) < 4.78 is 23.5. The molecule has 1 unspecified atom stereocenters. The zero-order valence-corrected chi connectivity index (χ0v) is 21.5. The van der Waals surface area contributed by atoms with Crippen LogP contribution in [-0.4, -0.2) is 46.5 Å². The zero-order valence-electron chi connectivity index (χ0n) is 20.7. The van der Waals surface area contributed by atoms with Crippen LogP contribution in [0.1, 0.15) is 25.7 Å². The molecule has 2 amide bonds. The van der Waals surface area contributed by atoms with Crippen LogP contribution < -0.4 is 15.8 Å². The standard InChI is InChI=1S/C29H32N2O5S/c1-37(34,29(28(30)33)16-19-35-20-17-29)26-14-12-25(13-15-26)36-18-6-11-27(32)31-24-10-5-9-23(21-24)22-7-3-2-4-8-22/h2-5,7-10,12-15,21H,1,6,11,16-20H2,(H2,30,33)(H,31,32). The Morgan fingerprint density at radius 2 is 1.65 bits per heavy atom. The number of benzene rings is 3. The molecule has 0 bridgehead atoms. The van der Waals surface area contributed by atoms with Crippen molar-refractivity contribution in [1.29, 1.82) is 0 Å². The number of hydrogen-bond donors (Lipinski definition) is 2. The van der Waals surface area contributed by atoms with Crippen LogP contribution in [-0.2, 0) is 23.8 Å². The molecule has 1 fully saturated rings. The lowest BCUT2D eigenvalue weighted by Crippen LogP contribution is -2.53. The lowest BCUT2D eigenvalue weighted by molar-refractivity contribution is -0.122. The molecular formula is C29H32N2O5S. The summed E-state index contributed by atoms with van der Waals surface area (Å²) >= 11 is 0. The smallest absolute Gasteiger partial charge is 0.236 e. The number of ether oxygens (including phenoxy) is 2. The van der Waals surface area contributed by atoms with Crippen LogP contribution >= 0.6 is 0 Å². The molecule has 3 N–H and O–H groups in total. The molecule has 1 saturated heterocycles. The summed E-state index contributed by atoms with van der Waals surface area (Å²) in [5.74, 6) is 3.80. The fourth-order valence-electron chi connectivity index (χ4n) is 4.47. The molecule has 3 aromatic rings. The maximum atomic E-state index is 13.7. The lowest BCUT2D eigenvalue weighted by atomic mass is 9.98. The summed E-state index contributed by atoms with van der Waals surface area (Å²) in [7, 11) is -2.99. The Balaban J connectivity index is 1.28. The number of carbonyl (C=O) groups excluding carboxylic acids is 2. The third-order valence-corrected chi connectivity index (χ3v) is 9.56. The molecule has 4 rings (SSSR count). The second kappa shape index (κ2) is 11.6. The molecule has 1 atom stereocenters. The van der Waals surface area contributed by atoms with Crippen LogP contribution in [0, 0.1) is 0 Å². The van der Waals surface area contributed by atoms with Crippen molar-refractivity contribution in [3.05, 3.63) is 78.9 Å². The molecule has 1 aliphatic heterocycles. The summed E-state index contributed by atoms with van der Waals surface area (Å²) in [5, 5.41) is 2.94. The number of nitrogens with two attached hydrogens (primary N) is 1. The first kappa shape index (κ1) is 26.4. The van der Waals surface area contributed by atoms with Crippen molar-refractivity contribution in [2.75, 3.05) is 25.1 Å². The van der Waals surface area contributed by atoms with Crippen molar-refractivity contribution in [1.82, 2.24) is 0 Å². The SMILES string of the molecule is C=S(=O)(c1ccc(OCCCC(=O)Nc2cccc(-c3ccccc3)c2)cc1)C1(C(N)=O)CCOCC1. The molecule has 1 heterocycles. The van der Waals surface area contributed by atoms with Crippen LogP contribution in [0.15, 0.2) is 83.8 Å². The first-order valence-electron chi connectivity index (χ1n) is 12.2. The quantitative estimate of drug-likeness (QED) is 0.307. The van der Waals surface area contributed by atoms with Crippen LogP contribution in [0.3, 0.4) is 0 Å². The van der Waals surface area contributed by atoms with Gasteiger partial charge in [-0.05, 0) is 72.7 Å². The van der Waals surface area contributed by atoms with E-state index in [0.717, 1.165) is 16.8 Å². The number of anilines is 1. The summed E-state index contributed by atoms with van der Waals surface area (Å²) in [4.78, 5) is 25.1. The molecule has 0 radical (unpaired) electrons. The fourth-order valence-corrected chi connectivity index (χ4v) is 6.65. The molecular weight excluding hydrogens is 488 g/mol. The lowest BCUT2D eigenvalue weighted by Gasteiger charge is -2.37. The van der Waals surface area contributed by atoms with E-state index in [1.54, 1.807) is 24.3 Å². The Kier molecular flexibility index (Phi) is 8.31. The number of nitrogens with one attached hydrogen (secondary N) is 1. The number of carbonyl (C=O) groups is 2. The van der Waals surface area contributed by atoms with Crippen LogP contribution in [0.2, 0.25) is 0 Å². The first-order valence-corrected chi connectivity index (χ1v) is 14.0. The minimum atomic E-state index is -2.99. The number of primary amides is 1. The van der Waals surface area contributed by atoms with Gasteiger partial charge in [0.05, 0.1) is 6.61 Å². The highest BCUT2D eigenvalue weighted by Crippen LogP contribution is 2.35. The van der Waals surface area contributed by atoms with Gasteiger partial charge in [-0.15, -0.1) is 0 Å². The molecule has 0 aromatic heterocycles. The normalized spacial score (nSPS) is 16.3. The number of hydrogen-bond acceptors (Lipinski definition) is 5. The first-order chi connectivity index (χ1) is 17.8. The van der Waals surface area contributed by atoms with E-state index >= 15 is 0 Å². The van der Waals surface area contributed by atoms with Crippen molar-refractivity contribution in [2.24, 2.45) is 5.73 Å². The van der Waals surface area contributed by atoms with E-state index in [4.69, 9.17) is 15.2 Å². The van der Waals surface area contributed by atoms with Gasteiger partial charge in [0.25, 0.3) is 0 Å². The predicted molar refractivity (Wildman–Crippen MR) is 147 cm³/mol. The highest BCUT2D eigenvalue weighted by atomic mass is 32.2. The van der Waals surface area contributed by atoms with E-state index in [1.165, 1.54) is 0 Å². The summed E-state index contributed by atoms with van der Waals surface area (Å²) in [5.41, 5.74) is 8.55. The Morgan fingerprint density at radius 3 is 2.32 bits per heavy atom. The Hall–Kier alpha value is -3.62. The Morgan fingerprint density at radius 1 is 0.973 bits per heavy atom. The topological polar surface area (TPSA) is 108 Å². The van der Waals surface area contributed by atoms with Crippen LogP contribution in [0.25, 0.3) is 11.1 Å². The van der Waals surface area contributed by atoms with Gasteiger partial charge in [0, 0.05) is 39.7 Å². The maximum absolute atomic E-state index is 13.7. The monoisotopic (exact) mass is 520 g/mol. The van der Waals surface area contributed by atoms with Gasteiger partial charge in [0.1, 0.15) is 10.5 Å². The average Bonchev–Trinajstić information content (AvgIpc) is 2.92. The number of amides is 2. The largest absolute Gasteiger partial charge is 0.494 e. The van der Waals surface area contributed by atoms with Crippen LogP contribution in [0.5, 0.6) is 5.75 Å². The minimum Gasteiger partial charge on any atom is -0.494 e. The molecule has 1 aliphatic rings. The molecule has 0 saturated carbocycles. The summed E-state index contributed by atoms with van der Waals surface area (Å²) in [6.07, 6.45) is 1.40. The van der Waals surface area contributed by atoms with Gasteiger partial charge in [-0.25, -0.2) is 0 Å². The minimum absolute atomic E-state index is 0.0887. The second-order valence-electron chi connectivity index (χ2n) is 9.06. The van der Waals surface area contributed by atoms with E-state index in [0.29, 0.717) is 43.3 Å². The van der Waals surface area contributed by atoms with Crippen molar-refractivity contribution in [3.63, 3.8) is 0 Å². The molecule has 8 heteroatoms. The van der Waals surface area contributed by atoms with Gasteiger partial charge in [0.15, 0.2) is 0 Å². The summed E-state index contributed by atoms with van der Waals surface area (Å²) in [6.45, 7) is 0.991. The highest BCUT2D eigenvalue weighted by Gasteiger charge is 2.46. The number of rotatable bonds is 10. The van der Waals surface area contributed by atoms with Crippen molar-refractivity contribution >= 4 is 32.9 Å². The van der Waals surface area contributed by atoms with Crippen LogP contribution in [0.4, 0.5) is 5.69 Å². The van der Waals surface area contributed by atoms with Gasteiger partial charge in [-0.2, -0.15) is 0 Å². The fraction of sp³-hybridized carbons (Fsp3) is 0.276. The van der Waals surface area contributed by atoms with Gasteiger partial charge >= 0.3 is 0 Å². The second-order valence-corrected chi connectivity index (χ2v) is 11.7.